The molecular weight excluding hydrogens is 314 g/mol. The summed E-state index contributed by atoms with van der Waals surface area (Å²) >= 11 is 0. The van der Waals surface area contributed by atoms with Crippen LogP contribution in [-0.2, 0) is 9.59 Å². The van der Waals surface area contributed by atoms with E-state index in [1.165, 1.54) is 17.4 Å². The van der Waals surface area contributed by atoms with Crippen LogP contribution in [0.1, 0.15) is 18.1 Å². The summed E-state index contributed by atoms with van der Waals surface area (Å²) in [5.74, 6) is -0.400. The molecule has 0 atom stereocenters. The fraction of sp³-hybridized carbons (Fsp3) is 0.300. The summed E-state index contributed by atoms with van der Waals surface area (Å²) in [6.07, 6.45) is 0. The highest BCUT2D eigenvalue weighted by molar-refractivity contribution is 6.01. The Hall–Kier alpha value is -2.82. The van der Waals surface area contributed by atoms with E-state index >= 15 is 0 Å². The van der Waals surface area contributed by atoms with Gasteiger partial charge in [-0.15, -0.1) is 0 Å². The maximum Gasteiger partial charge on any atom is 0.244 e. The van der Waals surface area contributed by atoms with E-state index in [2.05, 4.69) is 5.32 Å². The third-order valence-corrected chi connectivity index (χ3v) is 4.15. The average molecular weight is 339 g/mol. The van der Waals surface area contributed by atoms with Crippen LogP contribution >= 0.6 is 0 Å². The molecular formula is C20H25N3O2. The number of hydrogen-bond donors (Lipinski definition) is 1. The second kappa shape index (κ2) is 7.83. The van der Waals surface area contributed by atoms with Gasteiger partial charge in [0.1, 0.15) is 6.54 Å². The van der Waals surface area contributed by atoms with Crippen LogP contribution in [0.4, 0.5) is 17.1 Å². The number of aryl methyl sites for hydroxylation is 2. The molecule has 0 unspecified atom stereocenters. The Morgan fingerprint density at radius 2 is 1.52 bits per heavy atom. The molecule has 0 aliphatic rings. The maximum absolute atomic E-state index is 12.4. The van der Waals surface area contributed by atoms with Gasteiger partial charge in [-0.25, -0.2) is 0 Å². The summed E-state index contributed by atoms with van der Waals surface area (Å²) in [6, 6.07) is 13.3. The topological polar surface area (TPSA) is 52.7 Å². The van der Waals surface area contributed by atoms with Gasteiger partial charge in [0.15, 0.2) is 0 Å². The third kappa shape index (κ3) is 4.83. The highest BCUT2D eigenvalue weighted by Gasteiger charge is 2.16. The van der Waals surface area contributed by atoms with Crippen molar-refractivity contribution >= 4 is 28.9 Å². The Balaban J connectivity index is 2.11. The monoisotopic (exact) mass is 339 g/mol. The molecule has 0 spiro atoms. The first kappa shape index (κ1) is 18.5. The molecule has 0 aromatic heterocycles. The summed E-state index contributed by atoms with van der Waals surface area (Å²) in [7, 11) is 3.91. The summed E-state index contributed by atoms with van der Waals surface area (Å²) < 4.78 is 0. The fourth-order valence-electron chi connectivity index (χ4n) is 2.48. The Morgan fingerprint density at radius 1 is 0.920 bits per heavy atom. The Bertz CT molecular complexity index is 767. The summed E-state index contributed by atoms with van der Waals surface area (Å²) in [6.45, 7) is 5.46. The number of benzene rings is 2. The van der Waals surface area contributed by atoms with Crippen molar-refractivity contribution in [3.05, 3.63) is 53.6 Å². The van der Waals surface area contributed by atoms with Gasteiger partial charge in [-0.05, 0) is 61.4 Å². The molecule has 2 rings (SSSR count). The highest BCUT2D eigenvalue weighted by Crippen LogP contribution is 2.20. The zero-order valence-corrected chi connectivity index (χ0v) is 15.5. The van der Waals surface area contributed by atoms with E-state index in [4.69, 9.17) is 0 Å². The van der Waals surface area contributed by atoms with Crippen molar-refractivity contribution in [2.24, 2.45) is 0 Å². The molecule has 0 bridgehead atoms. The van der Waals surface area contributed by atoms with Gasteiger partial charge < -0.3 is 15.1 Å². The van der Waals surface area contributed by atoms with Crippen LogP contribution in [0, 0.1) is 13.8 Å². The first-order valence-corrected chi connectivity index (χ1v) is 8.20. The minimum absolute atomic E-state index is 0.0242. The van der Waals surface area contributed by atoms with Gasteiger partial charge in [0, 0.05) is 38.1 Å². The van der Waals surface area contributed by atoms with Gasteiger partial charge in [0.05, 0.1) is 0 Å². The van der Waals surface area contributed by atoms with Gasteiger partial charge in [0.25, 0.3) is 0 Å². The highest BCUT2D eigenvalue weighted by atomic mass is 16.2. The third-order valence-electron chi connectivity index (χ3n) is 4.15. The SMILES string of the molecule is CC(=O)N(CC(=O)Nc1ccc(C)c(C)c1)c1ccc(N(C)C)cc1. The Morgan fingerprint density at radius 3 is 2.04 bits per heavy atom. The van der Waals surface area contributed by atoms with Crippen LogP contribution in [0.15, 0.2) is 42.5 Å². The standard InChI is InChI=1S/C20H25N3O2/c1-14-6-7-17(12-15(14)2)21-20(25)13-23(16(3)24)19-10-8-18(9-11-19)22(4)5/h6-12H,13H2,1-5H3,(H,21,25). The van der Waals surface area contributed by atoms with E-state index in [1.807, 2.05) is 75.3 Å². The number of anilines is 3. The van der Waals surface area contributed by atoms with E-state index in [-0.39, 0.29) is 18.4 Å². The van der Waals surface area contributed by atoms with Gasteiger partial charge >= 0.3 is 0 Å². The lowest BCUT2D eigenvalue weighted by Gasteiger charge is -2.22. The number of nitrogens with one attached hydrogen (secondary N) is 1. The van der Waals surface area contributed by atoms with Crippen molar-refractivity contribution in [1.29, 1.82) is 0 Å². The van der Waals surface area contributed by atoms with E-state index in [0.29, 0.717) is 5.69 Å². The first-order valence-electron chi connectivity index (χ1n) is 8.20. The van der Waals surface area contributed by atoms with Crippen LogP contribution in [-0.4, -0.2) is 32.5 Å². The van der Waals surface area contributed by atoms with Gasteiger partial charge in [0.2, 0.25) is 11.8 Å². The van der Waals surface area contributed by atoms with E-state index in [0.717, 1.165) is 16.9 Å². The van der Waals surface area contributed by atoms with Crippen LogP contribution in [0.5, 0.6) is 0 Å². The van der Waals surface area contributed by atoms with Crippen LogP contribution in [0.25, 0.3) is 0 Å². The number of amides is 2. The minimum Gasteiger partial charge on any atom is -0.378 e. The maximum atomic E-state index is 12.4. The van der Waals surface area contributed by atoms with Crippen molar-refractivity contribution in [3.63, 3.8) is 0 Å². The van der Waals surface area contributed by atoms with Crippen molar-refractivity contribution in [3.8, 4) is 0 Å². The molecule has 0 aliphatic carbocycles. The second-order valence-electron chi connectivity index (χ2n) is 6.36. The molecule has 2 aromatic rings. The van der Waals surface area contributed by atoms with Crippen molar-refractivity contribution in [2.45, 2.75) is 20.8 Å². The predicted molar refractivity (Wildman–Crippen MR) is 103 cm³/mol. The van der Waals surface area contributed by atoms with Gasteiger partial charge in [-0.2, -0.15) is 0 Å². The molecule has 0 saturated heterocycles. The average Bonchev–Trinajstić information content (AvgIpc) is 2.56. The number of carbonyl (C=O) groups is 2. The summed E-state index contributed by atoms with van der Waals surface area (Å²) in [5, 5.41) is 2.85. The fourth-order valence-corrected chi connectivity index (χ4v) is 2.48. The normalized spacial score (nSPS) is 10.3. The number of rotatable bonds is 5. The molecule has 0 fully saturated rings. The number of hydrogen-bond acceptors (Lipinski definition) is 3. The lowest BCUT2D eigenvalue weighted by atomic mass is 10.1. The molecule has 1 N–H and O–H groups in total. The van der Waals surface area contributed by atoms with Gasteiger partial charge in [-0.3, -0.25) is 9.59 Å². The van der Waals surface area contributed by atoms with Gasteiger partial charge in [-0.1, -0.05) is 6.07 Å². The molecule has 0 aliphatic heterocycles. The van der Waals surface area contributed by atoms with Crippen LogP contribution in [0.3, 0.4) is 0 Å². The van der Waals surface area contributed by atoms with Crippen molar-refractivity contribution < 1.29 is 9.59 Å². The van der Waals surface area contributed by atoms with Crippen LogP contribution in [0.2, 0.25) is 0 Å². The molecule has 0 radical (unpaired) electrons. The zero-order valence-electron chi connectivity index (χ0n) is 15.5. The summed E-state index contributed by atoms with van der Waals surface area (Å²) in [4.78, 5) is 27.8. The smallest absolute Gasteiger partial charge is 0.244 e. The number of carbonyl (C=O) groups excluding carboxylic acids is 2. The predicted octanol–water partition coefficient (Wildman–Crippen LogP) is 3.36. The zero-order chi connectivity index (χ0) is 18.6. The van der Waals surface area contributed by atoms with Crippen molar-refractivity contribution in [1.82, 2.24) is 0 Å². The second-order valence-corrected chi connectivity index (χ2v) is 6.36. The van der Waals surface area contributed by atoms with E-state index in [1.54, 1.807) is 0 Å². The quantitative estimate of drug-likeness (QED) is 0.909. The summed E-state index contributed by atoms with van der Waals surface area (Å²) in [5.41, 5.74) is 4.75. The molecule has 5 nitrogen and oxygen atoms in total. The molecule has 0 saturated carbocycles. The minimum atomic E-state index is -0.227. The molecule has 2 aromatic carbocycles. The molecule has 5 heteroatoms. The Labute approximate surface area is 149 Å². The lowest BCUT2D eigenvalue weighted by Crippen LogP contribution is -2.36. The molecule has 132 valence electrons. The molecule has 0 heterocycles. The van der Waals surface area contributed by atoms with E-state index < -0.39 is 0 Å². The largest absolute Gasteiger partial charge is 0.378 e. The van der Waals surface area contributed by atoms with Crippen LogP contribution < -0.4 is 15.1 Å². The van der Waals surface area contributed by atoms with Crippen molar-refractivity contribution in [2.75, 3.05) is 35.8 Å². The first-order chi connectivity index (χ1) is 11.8. The number of nitrogens with zero attached hydrogens (tertiary/aromatic N) is 2. The molecule has 25 heavy (non-hydrogen) atoms. The van der Waals surface area contributed by atoms with E-state index in [9.17, 15) is 9.59 Å². The lowest BCUT2D eigenvalue weighted by molar-refractivity contribution is -0.120. The molecule has 2 amide bonds. The Kier molecular flexibility index (Phi) is 5.80.